The van der Waals surface area contributed by atoms with Gasteiger partial charge in [0.15, 0.2) is 11.5 Å². The third-order valence-electron chi connectivity index (χ3n) is 5.09. The molecule has 0 radical (unpaired) electrons. The molecule has 2 atom stereocenters. The van der Waals surface area contributed by atoms with Gasteiger partial charge in [-0.1, -0.05) is 18.9 Å². The summed E-state index contributed by atoms with van der Waals surface area (Å²) in [7, 11) is 0. The predicted octanol–water partition coefficient (Wildman–Crippen LogP) is 3.05. The molecule has 0 amide bonds. The fraction of sp³-hybridized carbons (Fsp3) is 0.421. The molecule has 0 bridgehead atoms. The molecule has 2 unspecified atom stereocenters. The lowest BCUT2D eigenvalue weighted by atomic mass is 9.83. The van der Waals surface area contributed by atoms with Crippen LogP contribution in [0.1, 0.15) is 48.4 Å². The van der Waals surface area contributed by atoms with Crippen LogP contribution in [-0.2, 0) is 0 Å². The normalized spacial score (nSPS) is 20.4. The molecule has 1 aromatic carbocycles. The van der Waals surface area contributed by atoms with Crippen molar-refractivity contribution in [1.82, 2.24) is 19.6 Å². The van der Waals surface area contributed by atoms with E-state index in [0.29, 0.717) is 17.4 Å². The van der Waals surface area contributed by atoms with E-state index in [-0.39, 0.29) is 12.0 Å². The van der Waals surface area contributed by atoms with Crippen LogP contribution in [0.25, 0.3) is 5.65 Å². The van der Waals surface area contributed by atoms with Crippen molar-refractivity contribution >= 4 is 23.1 Å². The van der Waals surface area contributed by atoms with Gasteiger partial charge in [0.2, 0.25) is 5.95 Å². The number of aromatic nitrogens is 4. The van der Waals surface area contributed by atoms with E-state index >= 15 is 0 Å². The molecule has 4 rings (SSSR count). The molecule has 7 heteroatoms. The van der Waals surface area contributed by atoms with Gasteiger partial charge in [-0.3, -0.25) is 0 Å². The maximum Gasteiger partial charge on any atom is 0.247 e. The van der Waals surface area contributed by atoms with E-state index in [1.54, 1.807) is 6.20 Å². The predicted molar refractivity (Wildman–Crippen MR) is 104 cm³/mol. The van der Waals surface area contributed by atoms with E-state index in [4.69, 9.17) is 11.5 Å². The smallest absolute Gasteiger partial charge is 0.247 e. The number of anilines is 3. The molecule has 7 nitrogen and oxygen atoms in total. The summed E-state index contributed by atoms with van der Waals surface area (Å²) < 4.78 is 1.81. The number of hydrogen-bond acceptors (Lipinski definition) is 6. The van der Waals surface area contributed by atoms with E-state index < -0.39 is 0 Å². The van der Waals surface area contributed by atoms with Gasteiger partial charge in [0, 0.05) is 17.6 Å². The van der Waals surface area contributed by atoms with Crippen molar-refractivity contribution in [3.63, 3.8) is 0 Å². The highest BCUT2D eigenvalue weighted by atomic mass is 15.4. The Bertz CT molecular complexity index is 926. The van der Waals surface area contributed by atoms with Crippen LogP contribution in [0.3, 0.4) is 0 Å². The van der Waals surface area contributed by atoms with Crippen molar-refractivity contribution in [3.05, 3.63) is 41.2 Å². The largest absolute Gasteiger partial charge is 0.381 e. The number of aryl methyl sites for hydroxylation is 2. The zero-order valence-electron chi connectivity index (χ0n) is 15.2. The van der Waals surface area contributed by atoms with Gasteiger partial charge in [-0.25, -0.2) is 9.50 Å². The van der Waals surface area contributed by atoms with Gasteiger partial charge in [0.1, 0.15) is 0 Å². The van der Waals surface area contributed by atoms with Crippen LogP contribution in [0.5, 0.6) is 0 Å². The lowest BCUT2D eigenvalue weighted by Crippen LogP contribution is -2.32. The minimum absolute atomic E-state index is 0.123. The van der Waals surface area contributed by atoms with Crippen LogP contribution in [-0.4, -0.2) is 25.6 Å². The zero-order chi connectivity index (χ0) is 18.3. The lowest BCUT2D eigenvalue weighted by Gasteiger charge is -2.28. The van der Waals surface area contributed by atoms with Crippen LogP contribution in [0, 0.1) is 13.8 Å². The topological polar surface area (TPSA) is 107 Å². The third kappa shape index (κ3) is 3.10. The van der Waals surface area contributed by atoms with Crippen molar-refractivity contribution in [1.29, 1.82) is 0 Å². The molecular formula is C19H25N7. The Labute approximate surface area is 152 Å². The van der Waals surface area contributed by atoms with Crippen molar-refractivity contribution in [2.75, 3.05) is 11.1 Å². The van der Waals surface area contributed by atoms with Gasteiger partial charge in [0.05, 0.1) is 11.9 Å². The Morgan fingerprint density at radius 3 is 2.58 bits per heavy atom. The van der Waals surface area contributed by atoms with E-state index in [1.165, 1.54) is 24.0 Å². The van der Waals surface area contributed by atoms with Crippen LogP contribution in [0.4, 0.5) is 17.5 Å². The van der Waals surface area contributed by atoms with Gasteiger partial charge in [-0.2, -0.15) is 4.98 Å². The second-order valence-corrected chi connectivity index (χ2v) is 7.30. The summed E-state index contributed by atoms with van der Waals surface area (Å²) in [6, 6.07) is 6.39. The van der Waals surface area contributed by atoms with Crippen LogP contribution < -0.4 is 16.8 Å². The van der Waals surface area contributed by atoms with E-state index in [2.05, 4.69) is 52.4 Å². The minimum Gasteiger partial charge on any atom is -0.381 e. The van der Waals surface area contributed by atoms with Crippen molar-refractivity contribution in [3.8, 4) is 0 Å². The highest BCUT2D eigenvalue weighted by Gasteiger charge is 2.27. The second-order valence-electron chi connectivity index (χ2n) is 7.30. The summed E-state index contributed by atoms with van der Waals surface area (Å²) in [5, 5.41) is 7.94. The molecule has 1 saturated carbocycles. The number of nitrogens with zero attached hydrogens (tertiary/aromatic N) is 4. The molecule has 26 heavy (non-hydrogen) atoms. The van der Waals surface area contributed by atoms with Crippen LogP contribution >= 0.6 is 0 Å². The quantitative estimate of drug-likeness (QED) is 0.669. The standard InChI is InChI=1S/C19H25N7/c1-11-7-12(2)9-13(8-11)23-19-24-18-17(21)22-10-16(26(18)25-19)14-5-3-4-6-15(14)20/h7-10,14-15H,3-6,20H2,1-2H3,(H2,21,22)(H,23,25). The summed E-state index contributed by atoms with van der Waals surface area (Å²) in [5.74, 6) is 1.12. The summed E-state index contributed by atoms with van der Waals surface area (Å²) in [4.78, 5) is 8.90. The molecule has 136 valence electrons. The Morgan fingerprint density at radius 1 is 1.12 bits per heavy atom. The summed E-state index contributed by atoms with van der Waals surface area (Å²) >= 11 is 0. The average Bonchev–Trinajstić information content (AvgIpc) is 3.00. The maximum atomic E-state index is 6.37. The first-order valence-electron chi connectivity index (χ1n) is 9.13. The number of fused-ring (bicyclic) bond motifs is 1. The van der Waals surface area contributed by atoms with E-state index in [0.717, 1.165) is 24.2 Å². The maximum absolute atomic E-state index is 6.37. The Balaban J connectivity index is 1.74. The third-order valence-corrected chi connectivity index (χ3v) is 5.09. The first-order chi connectivity index (χ1) is 12.5. The summed E-state index contributed by atoms with van der Waals surface area (Å²) in [6.07, 6.45) is 6.22. The number of nitrogens with two attached hydrogens (primary N) is 2. The number of hydrogen-bond donors (Lipinski definition) is 3. The van der Waals surface area contributed by atoms with E-state index in [1.807, 2.05) is 4.52 Å². The second kappa shape index (κ2) is 6.57. The van der Waals surface area contributed by atoms with Crippen LogP contribution in [0.2, 0.25) is 0 Å². The monoisotopic (exact) mass is 351 g/mol. The molecule has 0 saturated heterocycles. The van der Waals surface area contributed by atoms with Crippen molar-refractivity contribution < 1.29 is 0 Å². The van der Waals surface area contributed by atoms with Crippen molar-refractivity contribution in [2.45, 2.75) is 51.5 Å². The van der Waals surface area contributed by atoms with E-state index in [9.17, 15) is 0 Å². The molecular weight excluding hydrogens is 326 g/mol. The molecule has 1 aliphatic carbocycles. The lowest BCUT2D eigenvalue weighted by molar-refractivity contribution is 0.374. The van der Waals surface area contributed by atoms with Crippen LogP contribution in [0.15, 0.2) is 24.4 Å². The fourth-order valence-corrected chi connectivity index (χ4v) is 3.91. The van der Waals surface area contributed by atoms with Gasteiger partial charge in [-0.05, 0) is 49.9 Å². The molecule has 1 fully saturated rings. The SMILES string of the molecule is Cc1cc(C)cc(Nc2nc3c(N)ncc(C4CCCCC4N)n3n2)c1. The summed E-state index contributed by atoms with van der Waals surface area (Å²) in [6.45, 7) is 4.14. The number of rotatable bonds is 3. The highest BCUT2D eigenvalue weighted by molar-refractivity contribution is 5.64. The number of nitrogens with one attached hydrogen (secondary N) is 1. The first-order valence-corrected chi connectivity index (χ1v) is 9.13. The molecule has 5 N–H and O–H groups in total. The molecule has 1 aliphatic rings. The molecule has 2 heterocycles. The van der Waals surface area contributed by atoms with Gasteiger partial charge in [0.25, 0.3) is 0 Å². The Morgan fingerprint density at radius 2 is 1.85 bits per heavy atom. The molecule has 0 spiro atoms. The number of nitrogen functional groups attached to an aromatic ring is 1. The fourth-order valence-electron chi connectivity index (χ4n) is 3.91. The Kier molecular flexibility index (Phi) is 4.24. The molecule has 0 aliphatic heterocycles. The average molecular weight is 351 g/mol. The minimum atomic E-state index is 0.123. The molecule has 2 aromatic heterocycles. The Hall–Kier alpha value is -2.67. The first kappa shape index (κ1) is 16.8. The number of benzene rings is 1. The van der Waals surface area contributed by atoms with Gasteiger partial charge in [-0.15, -0.1) is 5.10 Å². The molecule has 3 aromatic rings. The highest BCUT2D eigenvalue weighted by Crippen LogP contribution is 2.32. The summed E-state index contributed by atoms with van der Waals surface area (Å²) in [5.41, 5.74) is 17.3. The van der Waals surface area contributed by atoms with Gasteiger partial charge < -0.3 is 16.8 Å². The van der Waals surface area contributed by atoms with Crippen molar-refractivity contribution in [2.24, 2.45) is 5.73 Å². The van der Waals surface area contributed by atoms with Gasteiger partial charge >= 0.3 is 0 Å². The zero-order valence-corrected chi connectivity index (χ0v) is 15.2.